The molecule has 0 spiro atoms. The van der Waals surface area contributed by atoms with Crippen molar-refractivity contribution in [2.75, 3.05) is 20.5 Å². The summed E-state index contributed by atoms with van der Waals surface area (Å²) < 4.78 is 10.9. The van der Waals surface area contributed by atoms with Crippen molar-refractivity contribution in [3.8, 4) is 28.4 Å². The summed E-state index contributed by atoms with van der Waals surface area (Å²) in [5.74, 6) is -0.695. The van der Waals surface area contributed by atoms with Gasteiger partial charge in [0.25, 0.3) is 0 Å². The van der Waals surface area contributed by atoms with Gasteiger partial charge in [0, 0.05) is 18.4 Å². The molecule has 0 aliphatic heterocycles. The fourth-order valence-corrected chi connectivity index (χ4v) is 4.40. The van der Waals surface area contributed by atoms with Crippen LogP contribution >= 0.6 is 11.8 Å². The monoisotopic (exact) mass is 429 g/mol. The number of phenols is 1. The van der Waals surface area contributed by atoms with Gasteiger partial charge < -0.3 is 24.7 Å². The zero-order valence-corrected chi connectivity index (χ0v) is 18.0. The number of amides is 1. The number of nitrogens with one attached hydrogen (secondary N) is 1. The van der Waals surface area contributed by atoms with E-state index >= 15 is 0 Å². The zero-order chi connectivity index (χ0) is 22.0. The molecule has 0 radical (unpaired) electrons. The van der Waals surface area contributed by atoms with Gasteiger partial charge in [0.05, 0.1) is 25.2 Å². The minimum absolute atomic E-state index is 0.128. The summed E-state index contributed by atoms with van der Waals surface area (Å²) in [6.45, 7) is 1.39. The fraction of sp³-hybridized carbons (Fsp3) is 0.318. The van der Waals surface area contributed by atoms with Crippen molar-refractivity contribution in [2.24, 2.45) is 0 Å². The van der Waals surface area contributed by atoms with Gasteiger partial charge in [0.1, 0.15) is 6.29 Å². The van der Waals surface area contributed by atoms with E-state index in [0.29, 0.717) is 27.1 Å². The molecule has 0 fully saturated rings. The van der Waals surface area contributed by atoms with Crippen LogP contribution in [0.4, 0.5) is 0 Å². The lowest BCUT2D eigenvalue weighted by atomic mass is 9.90. The molecular formula is C22H23NO6S. The highest BCUT2D eigenvalue weighted by Gasteiger charge is 2.33. The third-order valence-corrected chi connectivity index (χ3v) is 5.97. The van der Waals surface area contributed by atoms with Crippen LogP contribution in [0, 0.1) is 0 Å². The van der Waals surface area contributed by atoms with Gasteiger partial charge in [0.15, 0.2) is 16.9 Å². The summed E-state index contributed by atoms with van der Waals surface area (Å²) in [6.07, 6.45) is 2.82. The number of fused-ring (bicyclic) bond motifs is 3. The van der Waals surface area contributed by atoms with Crippen molar-refractivity contribution < 1.29 is 24.2 Å². The highest BCUT2D eigenvalue weighted by molar-refractivity contribution is 7.98. The smallest absolute Gasteiger partial charge is 0.217 e. The molecule has 1 amide bonds. The van der Waals surface area contributed by atoms with E-state index in [2.05, 4.69) is 5.32 Å². The Labute approximate surface area is 178 Å². The van der Waals surface area contributed by atoms with Crippen molar-refractivity contribution >= 4 is 24.0 Å². The Morgan fingerprint density at radius 3 is 2.47 bits per heavy atom. The van der Waals surface area contributed by atoms with Crippen molar-refractivity contribution in [2.45, 2.75) is 30.2 Å². The molecule has 2 aromatic carbocycles. The number of aldehydes is 1. The first-order chi connectivity index (χ1) is 14.4. The Morgan fingerprint density at radius 1 is 1.20 bits per heavy atom. The predicted octanol–water partition coefficient (Wildman–Crippen LogP) is 3.02. The number of rotatable bonds is 5. The van der Waals surface area contributed by atoms with E-state index < -0.39 is 12.0 Å². The van der Waals surface area contributed by atoms with Gasteiger partial charge in [-0.1, -0.05) is 6.07 Å². The molecule has 1 aliphatic carbocycles. The summed E-state index contributed by atoms with van der Waals surface area (Å²) in [5.41, 5.74) is 2.11. The van der Waals surface area contributed by atoms with Crippen LogP contribution in [0.2, 0.25) is 0 Å². The van der Waals surface area contributed by atoms with Crippen molar-refractivity contribution in [1.29, 1.82) is 0 Å². The molecule has 0 heterocycles. The molecule has 0 aromatic heterocycles. The quantitative estimate of drug-likeness (QED) is 0.556. The SMILES string of the molecule is COc1c(O)cc2c(c1OC)-c1ccc(SC)c(=O)cc1[C@@H](NC(C)=O)CC2C=O. The van der Waals surface area contributed by atoms with Crippen LogP contribution in [0.5, 0.6) is 17.2 Å². The third-order valence-electron chi connectivity index (χ3n) is 5.19. The molecule has 2 aromatic rings. The molecule has 1 unspecified atom stereocenters. The Morgan fingerprint density at radius 2 is 1.90 bits per heavy atom. The molecule has 7 nitrogen and oxygen atoms in total. The van der Waals surface area contributed by atoms with Crippen LogP contribution < -0.4 is 20.2 Å². The van der Waals surface area contributed by atoms with E-state index in [0.717, 1.165) is 6.29 Å². The van der Waals surface area contributed by atoms with Gasteiger partial charge in [-0.3, -0.25) is 9.59 Å². The topological polar surface area (TPSA) is 102 Å². The van der Waals surface area contributed by atoms with Crippen LogP contribution in [0.3, 0.4) is 0 Å². The average Bonchev–Trinajstić information content (AvgIpc) is 2.94. The van der Waals surface area contributed by atoms with Gasteiger partial charge in [-0.25, -0.2) is 0 Å². The summed E-state index contributed by atoms with van der Waals surface area (Å²) in [4.78, 5) is 37.2. The maximum atomic E-state index is 12.8. The molecule has 0 saturated carbocycles. The van der Waals surface area contributed by atoms with Crippen molar-refractivity contribution in [1.82, 2.24) is 5.32 Å². The van der Waals surface area contributed by atoms with Crippen LogP contribution in [0.25, 0.3) is 11.1 Å². The van der Waals surface area contributed by atoms with E-state index in [1.807, 2.05) is 6.26 Å². The first-order valence-corrected chi connectivity index (χ1v) is 10.5. The number of carbonyl (C=O) groups excluding carboxylic acids is 2. The number of thioether (sulfide) groups is 1. The number of aromatic hydroxyl groups is 1. The second-order valence-electron chi connectivity index (χ2n) is 6.94. The largest absolute Gasteiger partial charge is 0.504 e. The zero-order valence-electron chi connectivity index (χ0n) is 17.1. The highest BCUT2D eigenvalue weighted by Crippen LogP contribution is 2.52. The van der Waals surface area contributed by atoms with Crippen molar-refractivity contribution in [3.05, 3.63) is 45.6 Å². The molecule has 2 N–H and O–H groups in total. The van der Waals surface area contributed by atoms with E-state index in [-0.39, 0.29) is 35.0 Å². The summed E-state index contributed by atoms with van der Waals surface area (Å²) in [7, 11) is 2.85. The standard InChI is InChI=1S/C22H23NO6S/c1-11(25)23-16-7-12(10-24)14-8-18(27)21(28-2)22(29-3)20(14)13-5-6-19(30-4)17(26)9-15(13)16/h5-6,8-10,12,16,27H,7H2,1-4H3,(H,23,25)/t12?,16-/m0/s1. The van der Waals surface area contributed by atoms with E-state index in [4.69, 9.17) is 9.47 Å². The molecule has 0 saturated heterocycles. The highest BCUT2D eigenvalue weighted by atomic mass is 32.2. The minimum atomic E-state index is -0.643. The summed E-state index contributed by atoms with van der Waals surface area (Å²) in [5, 5.41) is 13.3. The average molecular weight is 429 g/mol. The number of hydrogen-bond acceptors (Lipinski definition) is 7. The normalized spacial score (nSPS) is 17.2. The van der Waals surface area contributed by atoms with Crippen molar-refractivity contribution in [3.63, 3.8) is 0 Å². The molecule has 158 valence electrons. The molecular weight excluding hydrogens is 406 g/mol. The van der Waals surface area contributed by atoms with Crippen LogP contribution in [0.15, 0.2) is 34.0 Å². The Hall–Kier alpha value is -3.00. The summed E-state index contributed by atoms with van der Waals surface area (Å²) in [6, 6.07) is 5.89. The molecule has 0 bridgehead atoms. The van der Waals surface area contributed by atoms with Gasteiger partial charge in [-0.05, 0) is 47.6 Å². The number of phenolic OH excluding ortho intramolecular Hbond substituents is 1. The third kappa shape index (κ3) is 3.75. The van der Waals surface area contributed by atoms with E-state index in [1.54, 1.807) is 12.1 Å². The Kier molecular flexibility index (Phi) is 6.36. The van der Waals surface area contributed by atoms with Crippen LogP contribution in [-0.4, -0.2) is 37.8 Å². The van der Waals surface area contributed by atoms with E-state index in [1.165, 1.54) is 45.0 Å². The maximum absolute atomic E-state index is 12.8. The Bertz CT molecular complexity index is 1070. The summed E-state index contributed by atoms with van der Waals surface area (Å²) >= 11 is 1.32. The minimum Gasteiger partial charge on any atom is -0.504 e. The second kappa shape index (κ2) is 8.79. The number of ether oxygens (including phenoxy) is 2. The van der Waals surface area contributed by atoms with Gasteiger partial charge in [0.2, 0.25) is 11.7 Å². The first-order valence-electron chi connectivity index (χ1n) is 9.29. The van der Waals surface area contributed by atoms with Crippen LogP contribution in [0.1, 0.15) is 36.4 Å². The van der Waals surface area contributed by atoms with Gasteiger partial charge in [-0.2, -0.15) is 0 Å². The second-order valence-corrected chi connectivity index (χ2v) is 7.79. The first kappa shape index (κ1) is 21.7. The Balaban J connectivity index is 2.49. The molecule has 1 aliphatic rings. The van der Waals surface area contributed by atoms with E-state index in [9.17, 15) is 19.5 Å². The molecule has 2 atom stereocenters. The molecule has 8 heteroatoms. The predicted molar refractivity (Wildman–Crippen MR) is 115 cm³/mol. The number of hydrogen-bond donors (Lipinski definition) is 2. The molecule has 3 rings (SSSR count). The lowest BCUT2D eigenvalue weighted by Crippen LogP contribution is -2.27. The lowest BCUT2D eigenvalue weighted by molar-refractivity contribution is -0.120. The maximum Gasteiger partial charge on any atom is 0.217 e. The lowest BCUT2D eigenvalue weighted by Gasteiger charge is -2.19. The fourth-order valence-electron chi connectivity index (χ4n) is 3.94. The van der Waals surface area contributed by atoms with Crippen LogP contribution in [-0.2, 0) is 9.59 Å². The van der Waals surface area contributed by atoms with Gasteiger partial charge >= 0.3 is 0 Å². The number of carbonyl (C=O) groups is 2. The molecule has 30 heavy (non-hydrogen) atoms. The number of methoxy groups -OCH3 is 2. The number of benzene rings is 1. The van der Waals surface area contributed by atoms with Gasteiger partial charge in [-0.15, -0.1) is 11.8 Å².